The number of carbonyl (C=O) groups excluding carboxylic acids is 3. The van der Waals surface area contributed by atoms with Crippen LogP contribution in [0.25, 0.3) is 0 Å². The number of hydroxylamine groups is 2. The van der Waals surface area contributed by atoms with Crippen molar-refractivity contribution in [3.8, 4) is 0 Å². The molecule has 1 spiro atoms. The minimum atomic E-state index is -1.70. The van der Waals surface area contributed by atoms with Crippen LogP contribution < -0.4 is 10.5 Å². The average molecular weight is 1170 g/mol. The van der Waals surface area contributed by atoms with Crippen molar-refractivity contribution < 1.29 is 97.3 Å². The molecule has 83 heavy (non-hydrogen) atoms. The first-order valence-electron chi connectivity index (χ1n) is 29.9. The number of quaternary nitrogens is 1. The highest BCUT2D eigenvalue weighted by molar-refractivity contribution is 6.26. The number of amides is 1. The van der Waals surface area contributed by atoms with Crippen LogP contribution in [-0.4, -0.2) is 173 Å². The smallest absolute Gasteiger partial charge is 0.407 e. The van der Waals surface area contributed by atoms with E-state index in [9.17, 15) is 40.4 Å². The maximum absolute atomic E-state index is 15.5. The van der Waals surface area contributed by atoms with E-state index in [0.717, 1.165) is 11.1 Å². The number of Topliss-reactive ketones (excluding diaryl/α,β-unsaturated/α-hetero) is 1. The summed E-state index contributed by atoms with van der Waals surface area (Å²) in [6, 6.07) is -0.957. The van der Waals surface area contributed by atoms with Gasteiger partial charge < -0.3 is 83.1 Å². The molecule has 9 rings (SSSR count). The van der Waals surface area contributed by atoms with Gasteiger partial charge in [-0.1, -0.05) is 69.2 Å². The first-order valence-corrected chi connectivity index (χ1v) is 29.9. The van der Waals surface area contributed by atoms with E-state index >= 15 is 4.79 Å². The Morgan fingerprint density at radius 1 is 0.723 bits per heavy atom. The molecule has 0 aromatic rings. The molecule has 5 saturated heterocycles. The molecule has 1 saturated carbocycles. The normalized spacial score (nSPS) is 48.1. The zero-order valence-electron chi connectivity index (χ0n) is 50.6. The molecule has 9 aliphatic rings. The molecule has 22 nitrogen and oxygen atoms in total. The quantitative estimate of drug-likeness (QED) is 0.0613. The zero-order valence-corrected chi connectivity index (χ0v) is 50.6. The van der Waals surface area contributed by atoms with Crippen LogP contribution in [0.2, 0.25) is 0 Å². The second-order valence-electron chi connectivity index (χ2n) is 26.1. The maximum Gasteiger partial charge on any atom is 0.407 e. The molecule has 466 valence electrons. The first kappa shape index (κ1) is 63.8. The Kier molecular flexibility index (Phi) is 19.1. The fourth-order valence-electron chi connectivity index (χ4n) is 15.8. The van der Waals surface area contributed by atoms with Gasteiger partial charge >= 0.3 is 12.1 Å². The van der Waals surface area contributed by atoms with E-state index in [1.807, 2.05) is 58.9 Å². The molecular formula is C61H92N2O20. The van der Waals surface area contributed by atoms with Gasteiger partial charge in [0, 0.05) is 56.0 Å². The second-order valence-corrected chi connectivity index (χ2v) is 26.1. The number of hydrogen-bond donors (Lipinski definition) is 7. The third-order valence-corrected chi connectivity index (χ3v) is 20.4. The fourth-order valence-corrected chi connectivity index (χ4v) is 15.8. The van der Waals surface area contributed by atoms with Crippen LogP contribution in [0.4, 0.5) is 4.79 Å². The van der Waals surface area contributed by atoms with Gasteiger partial charge in [0.05, 0.1) is 68.5 Å². The molecule has 7 N–H and O–H groups in total. The number of esters is 1. The summed E-state index contributed by atoms with van der Waals surface area (Å²) in [5.74, 6) is -4.29. The lowest BCUT2D eigenvalue weighted by molar-refractivity contribution is -1.09. The monoisotopic (exact) mass is 1170 g/mol. The Morgan fingerprint density at radius 2 is 1.33 bits per heavy atom. The topological polar surface area (TPSA) is 293 Å². The van der Waals surface area contributed by atoms with Gasteiger partial charge in [-0.05, 0) is 97.5 Å². The van der Waals surface area contributed by atoms with Crippen molar-refractivity contribution in [1.29, 1.82) is 0 Å². The Bertz CT molecular complexity index is 2530. The lowest BCUT2D eigenvalue weighted by Gasteiger charge is -2.56. The highest BCUT2D eigenvalue weighted by Crippen LogP contribution is 2.61. The van der Waals surface area contributed by atoms with Gasteiger partial charge in [0.1, 0.15) is 35.7 Å². The van der Waals surface area contributed by atoms with E-state index < -0.39 is 162 Å². The van der Waals surface area contributed by atoms with E-state index in [0.29, 0.717) is 12.0 Å². The molecular weight excluding hydrogens is 1080 g/mol. The Balaban J connectivity index is 1.00. The predicted molar refractivity (Wildman–Crippen MR) is 295 cm³/mol. The average Bonchev–Trinajstić information content (AvgIpc) is 1.91. The summed E-state index contributed by atoms with van der Waals surface area (Å²) >= 11 is 0. The molecule has 1 amide bonds. The summed E-state index contributed by atoms with van der Waals surface area (Å²) in [6.07, 6.45) is -2.18. The second kappa shape index (κ2) is 24.8. The molecule has 5 heterocycles. The maximum atomic E-state index is 15.5. The zero-order chi connectivity index (χ0) is 60.5. The van der Waals surface area contributed by atoms with Crippen molar-refractivity contribution in [2.75, 3.05) is 14.2 Å². The standard InChI is InChI=1S/C61H92N2O20/c1-27-15-18-42(79-47-26-59(11,63(71)72)54(36(10)78-47)62-58(70)74-14)29(3)21-37-20-28(2)32(6)25-61(37)56(68)48(57(69)83-61)55(67)60(12)39(27)17-16-38-49(60)30(4)19-31(5)51(38)81-46-24-43(50(66)33(7)75-46)80-44-23-41(65)53(35(9)77-44)82-45-22-40(64)52(73-13)34(8)76-45/h15-17,20-21,30-47,49-54,63-67,71H,18-19,22-26H2,1-14H3,(H,62,70). The summed E-state index contributed by atoms with van der Waals surface area (Å²) in [5, 5.41) is 72.0. The van der Waals surface area contributed by atoms with E-state index in [1.54, 1.807) is 27.7 Å². The number of rotatable bonds is 11. The number of methoxy groups -OCH3 is 2. The van der Waals surface area contributed by atoms with Crippen LogP contribution in [0.5, 0.6) is 0 Å². The third kappa shape index (κ3) is 12.0. The molecule has 4 aliphatic carbocycles. The number of nitrogens with one attached hydrogen (secondary N) is 2. The highest BCUT2D eigenvalue weighted by atomic mass is 16.8. The molecule has 5 aliphatic heterocycles. The van der Waals surface area contributed by atoms with Gasteiger partial charge in [0.2, 0.25) is 5.78 Å². The molecule has 0 aromatic heterocycles. The van der Waals surface area contributed by atoms with Crippen LogP contribution in [0.1, 0.15) is 128 Å². The number of ether oxygens (including phenoxy) is 11. The molecule has 6 fully saturated rings. The highest BCUT2D eigenvalue weighted by Gasteiger charge is 2.64. The molecule has 0 aromatic carbocycles. The van der Waals surface area contributed by atoms with Crippen molar-refractivity contribution in [3.05, 3.63) is 63.6 Å². The molecule has 28 unspecified atom stereocenters. The minimum Gasteiger partial charge on any atom is -0.600 e. The van der Waals surface area contributed by atoms with Crippen molar-refractivity contribution in [2.24, 2.45) is 46.8 Å². The molecule has 0 radical (unpaired) electrons. The van der Waals surface area contributed by atoms with Gasteiger partial charge in [-0.3, -0.25) is 4.79 Å². The SMILES string of the molecule is COC(=O)NC1C(C)OC(OC2CC=C(C)C3C=CC4C(OC5CC(OC6CC(O)C(OC7CC(O)C(OC)C(C)O7)C(C)O6)C(O)C(C)O5)C(C)CC(C)C4C3(C)C(O)=C3C(=O)OC4(CC(C)C(C)=CC4C=C2C)C3=O)CC1(C)[NH+]([O-])O. The van der Waals surface area contributed by atoms with Crippen molar-refractivity contribution >= 4 is 17.8 Å². The minimum absolute atomic E-state index is 0.0265. The number of aliphatic hydroxyl groups is 4. The number of hydrogen-bond acceptors (Lipinski definition) is 20. The number of allylic oxidation sites excluding steroid dienone is 4. The Morgan fingerprint density at radius 3 is 1.96 bits per heavy atom. The van der Waals surface area contributed by atoms with Crippen LogP contribution in [0.15, 0.2) is 58.4 Å². The van der Waals surface area contributed by atoms with E-state index in [-0.39, 0.29) is 73.5 Å². The molecule has 2 bridgehead atoms. The third-order valence-electron chi connectivity index (χ3n) is 20.4. The van der Waals surface area contributed by atoms with Gasteiger partial charge in [0.25, 0.3) is 0 Å². The summed E-state index contributed by atoms with van der Waals surface area (Å²) in [7, 11) is 2.71. The number of alkyl carbamates (subject to hydrolysis) is 1. The summed E-state index contributed by atoms with van der Waals surface area (Å²) in [6.45, 7) is 22.4. The lowest BCUT2D eigenvalue weighted by atomic mass is 9.49. The summed E-state index contributed by atoms with van der Waals surface area (Å²) in [4.78, 5) is 42.7. The largest absolute Gasteiger partial charge is 0.600 e. The summed E-state index contributed by atoms with van der Waals surface area (Å²) in [5.41, 5.74) is -2.40. The van der Waals surface area contributed by atoms with Gasteiger partial charge in [-0.15, -0.1) is 0 Å². The first-order chi connectivity index (χ1) is 39.1. The number of carbonyl (C=O) groups is 3. The number of fused-ring (bicyclic) bond motifs is 4. The van der Waals surface area contributed by atoms with Gasteiger partial charge in [0.15, 0.2) is 36.3 Å². The number of aliphatic hydroxyl groups excluding tert-OH is 4. The summed E-state index contributed by atoms with van der Waals surface area (Å²) < 4.78 is 68.2. The van der Waals surface area contributed by atoms with Crippen LogP contribution >= 0.6 is 0 Å². The fraction of sp³-hybridized carbons (Fsp3) is 0.787. The van der Waals surface area contributed by atoms with Crippen molar-refractivity contribution in [1.82, 2.24) is 5.32 Å². The van der Waals surface area contributed by atoms with Crippen LogP contribution in [-0.2, 0) is 61.7 Å². The van der Waals surface area contributed by atoms with Crippen molar-refractivity contribution in [3.63, 3.8) is 0 Å². The van der Waals surface area contributed by atoms with Gasteiger partial charge in [-0.2, -0.15) is 0 Å². The molecule has 22 heteroatoms. The number of ketones is 1. The van der Waals surface area contributed by atoms with Gasteiger partial charge in [-0.25, -0.2) is 20.0 Å². The van der Waals surface area contributed by atoms with Crippen molar-refractivity contribution in [2.45, 2.75) is 244 Å². The lowest BCUT2D eigenvalue weighted by Crippen LogP contribution is -3.17. The van der Waals surface area contributed by atoms with Crippen LogP contribution in [0, 0.1) is 52.0 Å². The van der Waals surface area contributed by atoms with E-state index in [4.69, 9.17) is 52.1 Å². The molecule has 28 atom stereocenters. The van der Waals surface area contributed by atoms with Crippen LogP contribution in [0.3, 0.4) is 0 Å². The Hall–Kier alpha value is -3.69. The predicted octanol–water partition coefficient (Wildman–Crippen LogP) is 5.10. The van der Waals surface area contributed by atoms with E-state index in [1.165, 1.54) is 21.1 Å². The van der Waals surface area contributed by atoms with E-state index in [2.05, 4.69) is 25.2 Å². The Labute approximate surface area is 487 Å².